The Morgan fingerprint density at radius 3 is 1.27 bits per heavy atom. The van der Waals surface area contributed by atoms with Gasteiger partial charge in [0.2, 0.25) is 0 Å². The van der Waals surface area contributed by atoms with Crippen molar-refractivity contribution in [2.75, 3.05) is 0 Å². The Labute approximate surface area is 282 Å². The maximum atomic E-state index is 5.53. The van der Waals surface area contributed by atoms with Gasteiger partial charge in [0, 0.05) is 0 Å². The minimum absolute atomic E-state index is 0.826. The third-order valence-electron chi connectivity index (χ3n) is 7.99. The van der Waals surface area contributed by atoms with Crippen LogP contribution >= 0.6 is 17.0 Å². The summed E-state index contributed by atoms with van der Waals surface area (Å²) in [7, 11) is 9.87. The predicted octanol–water partition coefficient (Wildman–Crippen LogP) is 13.0. The fourth-order valence-electron chi connectivity index (χ4n) is 5.80. The van der Waals surface area contributed by atoms with Crippen LogP contribution in [0.15, 0.2) is 155 Å². The zero-order valence-electron chi connectivity index (χ0n) is 24.9. The number of hydrogen-bond donors (Lipinski definition) is 0. The van der Waals surface area contributed by atoms with Crippen LogP contribution in [0.2, 0.25) is 0 Å². The average molecular weight is 705 g/mol. The van der Waals surface area contributed by atoms with E-state index in [9.17, 15) is 0 Å². The summed E-state index contributed by atoms with van der Waals surface area (Å²) >= 11 is -0.826. The summed E-state index contributed by atoms with van der Waals surface area (Å²) in [4.78, 5) is 0. The van der Waals surface area contributed by atoms with Crippen LogP contribution in [-0.4, -0.2) is 0 Å². The molecule has 0 N–H and O–H groups in total. The van der Waals surface area contributed by atoms with E-state index in [2.05, 4.69) is 111 Å². The molecule has 5 heteroatoms. The Bertz CT molecular complexity index is 1950. The summed E-state index contributed by atoms with van der Waals surface area (Å²) < 4.78 is 11.1. The first-order valence-electron chi connectivity index (χ1n) is 14.6. The first kappa shape index (κ1) is 31.1. The number of hydrogen-bond acceptors (Lipinski definition) is 2. The molecule has 0 fully saturated rings. The van der Waals surface area contributed by atoms with Crippen molar-refractivity contribution >= 4 is 38.6 Å². The molecule has 45 heavy (non-hydrogen) atoms. The quantitative estimate of drug-likeness (QED) is 0.171. The fraction of sp³-hybridized carbons (Fsp3) is 0.0500. The molecule has 8 rings (SSSR count). The van der Waals surface area contributed by atoms with Gasteiger partial charge in [0.25, 0.3) is 0 Å². The zero-order chi connectivity index (χ0) is 31.2. The average Bonchev–Trinajstić information content (AvgIpc) is 3.90. The van der Waals surface area contributed by atoms with E-state index in [-0.39, 0.29) is 0 Å². The van der Waals surface area contributed by atoms with Gasteiger partial charge in [0.1, 0.15) is 0 Å². The second kappa shape index (κ2) is 14.5. The second-order valence-corrected chi connectivity index (χ2v) is 14.5. The van der Waals surface area contributed by atoms with Crippen LogP contribution in [0.4, 0.5) is 0 Å². The van der Waals surface area contributed by atoms with Crippen LogP contribution in [0.1, 0.15) is 11.1 Å². The predicted molar refractivity (Wildman–Crippen MR) is 187 cm³/mol. The molecule has 0 spiro atoms. The first-order valence-corrected chi connectivity index (χ1v) is 21.0. The van der Waals surface area contributed by atoms with Gasteiger partial charge in [-0.3, -0.25) is 0 Å². The molecule has 0 aliphatic heterocycles. The van der Waals surface area contributed by atoms with Gasteiger partial charge in [-0.2, -0.15) is 0 Å². The Kier molecular flexibility index (Phi) is 10.0. The van der Waals surface area contributed by atoms with E-state index in [0.29, 0.717) is 0 Å². The van der Waals surface area contributed by atoms with Gasteiger partial charge in [0.05, 0.1) is 24.0 Å². The van der Waals surface area contributed by atoms with E-state index in [0.717, 1.165) is 22.6 Å². The molecule has 0 aliphatic rings. The van der Waals surface area contributed by atoms with Crippen molar-refractivity contribution in [3.8, 4) is 44.9 Å². The molecule has 0 unspecified atom stereocenters. The van der Waals surface area contributed by atoms with E-state index >= 15 is 0 Å². The third kappa shape index (κ3) is 6.87. The summed E-state index contributed by atoms with van der Waals surface area (Å²) in [6.07, 6.45) is 3.44. The number of aryl methyl sites for hydroxylation is 2. The maximum absolute atomic E-state index is 5.53. The van der Waals surface area contributed by atoms with Crippen LogP contribution < -0.4 is 0 Å². The van der Waals surface area contributed by atoms with Crippen molar-refractivity contribution in [1.29, 1.82) is 0 Å². The molecule has 6 aromatic carbocycles. The molecule has 0 aliphatic carbocycles. The van der Waals surface area contributed by atoms with E-state index in [1.807, 2.05) is 36.4 Å². The van der Waals surface area contributed by atoms with Crippen molar-refractivity contribution in [3.05, 3.63) is 157 Å². The zero-order valence-corrected chi connectivity index (χ0v) is 28.9. The van der Waals surface area contributed by atoms with E-state index < -0.39 is 20.8 Å². The number of rotatable bonds is 4. The Morgan fingerprint density at radius 2 is 0.911 bits per heavy atom. The first-order chi connectivity index (χ1) is 22.1. The summed E-state index contributed by atoms with van der Waals surface area (Å²) in [5.74, 6) is 1.84. The van der Waals surface area contributed by atoms with Crippen molar-refractivity contribution < 1.29 is 29.7 Å². The summed E-state index contributed by atoms with van der Waals surface area (Å²) in [6.45, 7) is 4.31. The van der Waals surface area contributed by atoms with E-state index in [4.69, 9.17) is 25.9 Å². The molecule has 0 atom stereocenters. The molecule has 8 aromatic rings. The third-order valence-corrected chi connectivity index (χ3v) is 7.99. The Balaban J connectivity index is 0.000000146. The van der Waals surface area contributed by atoms with Gasteiger partial charge < -0.3 is 8.83 Å². The van der Waals surface area contributed by atoms with Gasteiger partial charge in [-0.05, 0) is 23.3 Å². The van der Waals surface area contributed by atoms with Crippen LogP contribution in [0.5, 0.6) is 0 Å². The number of halogens is 2. The van der Waals surface area contributed by atoms with E-state index in [1.54, 1.807) is 12.5 Å². The summed E-state index contributed by atoms with van der Waals surface area (Å²) in [5, 5.41) is 5.16. The van der Waals surface area contributed by atoms with Crippen molar-refractivity contribution in [2.24, 2.45) is 0 Å². The van der Waals surface area contributed by atoms with Crippen LogP contribution in [0.3, 0.4) is 0 Å². The number of benzene rings is 4. The molecule has 0 radical (unpaired) electrons. The van der Waals surface area contributed by atoms with Gasteiger partial charge >= 0.3 is 37.9 Å². The molecule has 0 amide bonds. The van der Waals surface area contributed by atoms with Crippen molar-refractivity contribution in [3.63, 3.8) is 0 Å². The second-order valence-electron chi connectivity index (χ2n) is 10.8. The summed E-state index contributed by atoms with van der Waals surface area (Å²) in [6, 6.07) is 46.6. The van der Waals surface area contributed by atoms with Gasteiger partial charge in [-0.15, -0.1) is 56.9 Å². The fourth-order valence-corrected chi connectivity index (χ4v) is 5.80. The van der Waals surface area contributed by atoms with Crippen molar-refractivity contribution in [2.45, 2.75) is 13.8 Å². The van der Waals surface area contributed by atoms with Crippen LogP contribution in [0.25, 0.3) is 66.4 Å². The van der Waals surface area contributed by atoms with Crippen LogP contribution in [0, 0.1) is 13.8 Å². The normalized spacial score (nSPS) is 10.6. The van der Waals surface area contributed by atoms with Crippen LogP contribution in [-0.2, 0) is 20.8 Å². The topological polar surface area (TPSA) is 26.3 Å². The van der Waals surface area contributed by atoms with E-state index in [1.165, 1.54) is 54.9 Å². The minimum atomic E-state index is -0.826. The number of fused-ring (bicyclic) bond motifs is 2. The van der Waals surface area contributed by atoms with Gasteiger partial charge in [-0.1, -0.05) is 133 Å². The standard InChI is InChI=1S/2C20H15O.2ClH.Zr/c2*1-14-9-10-17(15-6-3-2-4-7-15)19-13-16(12-18(14)19)20-8-5-11-21-20;;;/h2*2-13H,1H3;2*1H;/q2*-1;;;+4/p-2. The molecule has 220 valence electrons. The van der Waals surface area contributed by atoms with Gasteiger partial charge in [-0.25, -0.2) is 0 Å². The molecular formula is C40H30Cl2O2Zr. The molecule has 2 heterocycles. The molecule has 2 nitrogen and oxygen atoms in total. The Morgan fingerprint density at radius 1 is 0.511 bits per heavy atom. The summed E-state index contributed by atoms with van der Waals surface area (Å²) in [5.41, 5.74) is 9.91. The monoisotopic (exact) mass is 702 g/mol. The molecule has 0 bridgehead atoms. The SMILES string of the molecule is Cc1ccc(-c2ccccc2)c2cc(-c3ccco3)[cH-]c12.Cc1ccc(-c2ccccc2)c2cc(-c3ccco3)[cH-]c12.[Cl][Zr+2][Cl]. The Hall–Kier alpha value is -3.88. The molecule has 0 saturated carbocycles. The number of furan rings is 2. The molecular weight excluding hydrogens is 675 g/mol. The molecule has 2 aromatic heterocycles. The van der Waals surface area contributed by atoms with Crippen molar-refractivity contribution in [1.82, 2.24) is 0 Å². The molecule has 0 saturated heterocycles. The van der Waals surface area contributed by atoms with Gasteiger partial charge in [0.15, 0.2) is 0 Å².